The highest BCUT2D eigenvalue weighted by molar-refractivity contribution is 8.00. The number of thioether (sulfide) groups is 2. The quantitative estimate of drug-likeness (QED) is 0.200. The van der Waals surface area contributed by atoms with Gasteiger partial charge >= 0.3 is 11.9 Å². The lowest BCUT2D eigenvalue weighted by Crippen LogP contribution is -2.51. The lowest BCUT2D eigenvalue weighted by atomic mass is 9.84. The Bertz CT molecular complexity index is 1410. The van der Waals surface area contributed by atoms with Gasteiger partial charge in [-0.05, 0) is 47.6 Å². The highest BCUT2D eigenvalue weighted by atomic mass is 32.2. The number of esters is 2. The van der Waals surface area contributed by atoms with Crippen molar-refractivity contribution in [1.29, 1.82) is 0 Å². The molecule has 49 heavy (non-hydrogen) atoms. The minimum atomic E-state index is -0.351. The van der Waals surface area contributed by atoms with Gasteiger partial charge in [0, 0.05) is 29.6 Å². The molecule has 0 aliphatic carbocycles. The van der Waals surface area contributed by atoms with Crippen molar-refractivity contribution in [2.75, 3.05) is 13.2 Å². The Kier molecular flexibility index (Phi) is 15.5. The van der Waals surface area contributed by atoms with Crippen LogP contribution in [-0.2, 0) is 39.9 Å². The van der Waals surface area contributed by atoms with E-state index in [2.05, 4.69) is 38.1 Å². The van der Waals surface area contributed by atoms with Gasteiger partial charge in [-0.3, -0.25) is 9.59 Å². The number of ether oxygens (including phenoxy) is 5. The van der Waals surface area contributed by atoms with Gasteiger partial charge in [0.15, 0.2) is 0 Å². The molecule has 2 aliphatic heterocycles. The summed E-state index contributed by atoms with van der Waals surface area (Å²) in [6.07, 6.45) is -0.746. The summed E-state index contributed by atoms with van der Waals surface area (Å²) in [5, 5.41) is 9.68. The van der Waals surface area contributed by atoms with Gasteiger partial charge in [0.1, 0.15) is 23.6 Å². The molecule has 0 amide bonds. The lowest BCUT2D eigenvalue weighted by Gasteiger charge is -2.44. The summed E-state index contributed by atoms with van der Waals surface area (Å²) < 4.78 is 29.3. The van der Waals surface area contributed by atoms with Crippen LogP contribution in [0, 0.1) is 23.7 Å². The normalized spacial score (nSPS) is 29.6. The second-order valence-electron chi connectivity index (χ2n) is 12.7. The van der Waals surface area contributed by atoms with E-state index < -0.39 is 0 Å². The summed E-state index contributed by atoms with van der Waals surface area (Å²) >= 11 is 3.19. The van der Waals surface area contributed by atoms with Gasteiger partial charge in [0.25, 0.3) is 0 Å². The van der Waals surface area contributed by atoms with Crippen LogP contribution >= 0.6 is 23.5 Å². The molecule has 10 heteroatoms. The fourth-order valence-corrected chi connectivity index (χ4v) is 8.39. The van der Waals surface area contributed by atoms with Crippen molar-refractivity contribution < 1.29 is 38.4 Å². The number of aliphatic hydroxyl groups is 1. The third-order valence-electron chi connectivity index (χ3n) is 9.23. The lowest BCUT2D eigenvalue weighted by molar-refractivity contribution is -0.184. The maximum atomic E-state index is 11.5. The zero-order chi connectivity index (χ0) is 35.3. The molecule has 2 aliphatic rings. The van der Waals surface area contributed by atoms with E-state index in [1.165, 1.54) is 25.6 Å². The first-order chi connectivity index (χ1) is 23.6. The van der Waals surface area contributed by atoms with Crippen LogP contribution in [0.15, 0.2) is 101 Å². The average molecular weight is 711 g/mol. The molecule has 4 unspecified atom stereocenters. The van der Waals surface area contributed by atoms with E-state index in [4.69, 9.17) is 23.7 Å². The monoisotopic (exact) mass is 710 g/mol. The summed E-state index contributed by atoms with van der Waals surface area (Å²) in [6.45, 7) is 12.0. The molecule has 10 atom stereocenters. The number of rotatable bonds is 11. The maximum absolute atomic E-state index is 11.5. The van der Waals surface area contributed by atoms with Crippen molar-refractivity contribution in [2.45, 2.75) is 93.2 Å². The molecule has 8 nitrogen and oxygen atoms in total. The SMILES string of the molecule is CC(=O)OCC1O[C@H](Sc2ccccc2)[C@H](OC(C)=O)C(C)[C@@H]1C.CC1[C@H](C)C(CO)O[C@H](Sc2ccccc2)[C@@H]1OCc1ccccc1. The van der Waals surface area contributed by atoms with Crippen molar-refractivity contribution in [3.05, 3.63) is 96.6 Å². The molecule has 5 rings (SSSR count). The van der Waals surface area contributed by atoms with E-state index >= 15 is 0 Å². The van der Waals surface area contributed by atoms with Gasteiger partial charge < -0.3 is 28.8 Å². The third kappa shape index (κ3) is 11.6. The van der Waals surface area contributed by atoms with Crippen molar-refractivity contribution in [3.63, 3.8) is 0 Å². The number of benzene rings is 3. The smallest absolute Gasteiger partial charge is 0.303 e. The first-order valence-corrected chi connectivity index (χ1v) is 18.6. The van der Waals surface area contributed by atoms with E-state index in [9.17, 15) is 14.7 Å². The molecule has 0 radical (unpaired) electrons. The van der Waals surface area contributed by atoms with E-state index in [-0.39, 0.29) is 78.2 Å². The average Bonchev–Trinajstić information content (AvgIpc) is 3.10. The Hall–Kier alpha value is -2.86. The van der Waals surface area contributed by atoms with Gasteiger partial charge in [-0.2, -0.15) is 0 Å². The van der Waals surface area contributed by atoms with Gasteiger partial charge in [0.2, 0.25) is 0 Å². The highest BCUT2D eigenvalue weighted by Crippen LogP contribution is 2.41. The Balaban J connectivity index is 0.000000221. The van der Waals surface area contributed by atoms with Crippen LogP contribution in [-0.4, -0.2) is 65.5 Å². The fraction of sp³-hybridized carbons (Fsp3) is 0.487. The Morgan fingerprint density at radius 3 is 1.63 bits per heavy atom. The molecule has 2 saturated heterocycles. The molecule has 0 spiro atoms. The largest absolute Gasteiger partial charge is 0.463 e. The van der Waals surface area contributed by atoms with Crippen LogP contribution in [0.1, 0.15) is 47.1 Å². The van der Waals surface area contributed by atoms with E-state index in [1.54, 1.807) is 11.8 Å². The first-order valence-electron chi connectivity index (χ1n) is 16.9. The molecule has 2 heterocycles. The Morgan fingerprint density at radius 1 is 0.653 bits per heavy atom. The molecule has 1 N–H and O–H groups in total. The van der Waals surface area contributed by atoms with Crippen LogP contribution in [0.5, 0.6) is 0 Å². The zero-order valence-corrected chi connectivity index (χ0v) is 30.8. The zero-order valence-electron chi connectivity index (χ0n) is 29.2. The minimum Gasteiger partial charge on any atom is -0.463 e. The molecule has 0 bridgehead atoms. The molecule has 3 aromatic rings. The second kappa shape index (κ2) is 19.5. The number of hydrogen-bond acceptors (Lipinski definition) is 10. The summed E-state index contributed by atoms with van der Waals surface area (Å²) in [5.74, 6) is 0.0903. The van der Waals surface area contributed by atoms with Crippen molar-refractivity contribution >= 4 is 35.5 Å². The number of carbonyl (C=O) groups is 2. The van der Waals surface area contributed by atoms with Gasteiger partial charge in [0.05, 0.1) is 31.5 Å². The van der Waals surface area contributed by atoms with Crippen LogP contribution in [0.25, 0.3) is 0 Å². The van der Waals surface area contributed by atoms with Crippen LogP contribution in [0.3, 0.4) is 0 Å². The molecular weight excluding hydrogens is 661 g/mol. The van der Waals surface area contributed by atoms with Crippen LogP contribution in [0.2, 0.25) is 0 Å². The summed E-state index contributed by atoms with van der Waals surface area (Å²) in [4.78, 5) is 24.8. The van der Waals surface area contributed by atoms with E-state index in [0.717, 1.165) is 15.4 Å². The summed E-state index contributed by atoms with van der Waals surface area (Å²) in [5.41, 5.74) is 0.688. The second-order valence-corrected chi connectivity index (χ2v) is 15.0. The number of aliphatic hydroxyl groups excluding tert-OH is 1. The van der Waals surface area contributed by atoms with Crippen LogP contribution in [0.4, 0.5) is 0 Å². The van der Waals surface area contributed by atoms with Gasteiger partial charge in [-0.1, -0.05) is 118 Å². The number of hydrogen-bond donors (Lipinski definition) is 1. The predicted octanol–water partition coefficient (Wildman–Crippen LogP) is 7.62. The summed E-state index contributed by atoms with van der Waals surface area (Å²) in [6, 6.07) is 30.3. The van der Waals surface area contributed by atoms with E-state index in [1.807, 2.05) is 80.6 Å². The topological polar surface area (TPSA) is 101 Å². The predicted molar refractivity (Wildman–Crippen MR) is 193 cm³/mol. The minimum absolute atomic E-state index is 0.0248. The fourth-order valence-electron chi connectivity index (χ4n) is 5.93. The summed E-state index contributed by atoms with van der Waals surface area (Å²) in [7, 11) is 0. The molecule has 0 aromatic heterocycles. The van der Waals surface area contributed by atoms with Gasteiger partial charge in [-0.15, -0.1) is 0 Å². The standard InChI is InChI=1S/C21H26O3S.C18H24O5S/c1-15-16(2)20(23-14-17-9-5-3-6-10-17)21(24-19(15)13-22)25-18-11-7-4-8-12-18;1-11-12(2)17(22-14(4)20)18(23-16(11)10-21-13(3)19)24-15-8-6-5-7-9-15/h3-12,15-16,19-22H,13-14H2,1-2H3;5-9,11-12,16-18H,10H2,1-4H3/t15-,16?,19?,20+,21+;11-,12?,16?,17+,18+/m00/s1. The molecule has 266 valence electrons. The van der Waals surface area contributed by atoms with Crippen molar-refractivity contribution in [1.82, 2.24) is 0 Å². The van der Waals surface area contributed by atoms with Crippen molar-refractivity contribution in [3.8, 4) is 0 Å². The van der Waals surface area contributed by atoms with Crippen LogP contribution < -0.4 is 0 Å². The Labute approximate surface area is 299 Å². The molecular formula is C39H50O8S2. The highest BCUT2D eigenvalue weighted by Gasteiger charge is 2.44. The van der Waals surface area contributed by atoms with E-state index in [0.29, 0.717) is 12.5 Å². The third-order valence-corrected chi connectivity index (χ3v) is 11.5. The molecule has 2 fully saturated rings. The van der Waals surface area contributed by atoms with Gasteiger partial charge in [-0.25, -0.2) is 0 Å². The molecule has 3 aromatic carbocycles. The molecule has 0 saturated carbocycles. The Morgan fingerprint density at radius 2 is 1.12 bits per heavy atom. The maximum Gasteiger partial charge on any atom is 0.303 e. The van der Waals surface area contributed by atoms with Crippen molar-refractivity contribution in [2.24, 2.45) is 23.7 Å². The number of carbonyl (C=O) groups excluding carboxylic acids is 2. The first kappa shape index (κ1) is 38.9.